The number of fused-ring (bicyclic) bond motifs is 1. The van der Waals surface area contributed by atoms with Gasteiger partial charge >= 0.3 is 0 Å². The van der Waals surface area contributed by atoms with Gasteiger partial charge in [0.05, 0.1) is 9.30 Å². The minimum atomic E-state index is 0.00266. The summed E-state index contributed by atoms with van der Waals surface area (Å²) in [5.41, 5.74) is 0.927. The normalized spacial score (nSPS) is 10.9. The van der Waals surface area contributed by atoms with Gasteiger partial charge in [0, 0.05) is 16.7 Å². The van der Waals surface area contributed by atoms with Crippen LogP contribution in [0.2, 0.25) is 0 Å². The third-order valence-corrected chi connectivity index (χ3v) is 4.87. The molecule has 0 saturated heterocycles. The maximum atomic E-state index is 12.0. The number of rotatable bonds is 5. The monoisotopic (exact) mass is 363 g/mol. The first-order valence-electron chi connectivity index (χ1n) is 6.69. The molecule has 0 aliphatic rings. The molecule has 0 aliphatic heterocycles. The van der Waals surface area contributed by atoms with Crippen LogP contribution in [-0.4, -0.2) is 16.1 Å². The Labute approximate surface area is 134 Å². The average molecular weight is 364 g/mol. The van der Waals surface area contributed by atoms with Crippen molar-refractivity contribution in [3.05, 3.63) is 45.1 Å². The van der Waals surface area contributed by atoms with Crippen LogP contribution in [-0.2, 0) is 11.2 Å². The van der Waals surface area contributed by atoms with E-state index < -0.39 is 0 Å². The van der Waals surface area contributed by atoms with Gasteiger partial charge in [0.1, 0.15) is 0 Å². The van der Waals surface area contributed by atoms with E-state index in [0.29, 0.717) is 12.2 Å². The van der Waals surface area contributed by atoms with Crippen LogP contribution in [0.3, 0.4) is 0 Å². The summed E-state index contributed by atoms with van der Waals surface area (Å²) in [6.07, 6.45) is 2.25. The Bertz CT molecular complexity index is 765. The molecule has 0 atom stereocenters. The van der Waals surface area contributed by atoms with Crippen molar-refractivity contribution in [2.75, 3.05) is 5.32 Å². The van der Waals surface area contributed by atoms with E-state index in [4.69, 9.17) is 0 Å². The van der Waals surface area contributed by atoms with Gasteiger partial charge in [0.15, 0.2) is 5.82 Å². The molecule has 108 valence electrons. The van der Waals surface area contributed by atoms with Gasteiger partial charge in [-0.2, -0.15) is 5.10 Å². The number of carbonyl (C=O) groups excluding carboxylic acids is 1. The van der Waals surface area contributed by atoms with Gasteiger partial charge in [-0.15, -0.1) is 11.3 Å². The molecule has 2 aromatic heterocycles. The highest BCUT2D eigenvalue weighted by atomic mass is 79.9. The number of hydrogen-bond acceptors (Lipinski definition) is 3. The third kappa shape index (κ3) is 3.51. The highest BCUT2D eigenvalue weighted by Crippen LogP contribution is 2.24. The molecule has 0 saturated carbocycles. The number of nitrogens with zero attached hydrogens (tertiary/aromatic N) is 1. The maximum Gasteiger partial charge on any atom is 0.225 e. The van der Waals surface area contributed by atoms with Crippen LogP contribution >= 0.6 is 27.3 Å². The quantitative estimate of drug-likeness (QED) is 0.707. The smallest absolute Gasteiger partial charge is 0.225 e. The number of nitrogens with one attached hydrogen (secondary N) is 2. The minimum absolute atomic E-state index is 0.00266. The second-order valence-electron chi connectivity index (χ2n) is 4.73. The Kier molecular flexibility index (Phi) is 4.36. The molecule has 2 N–H and O–H groups in total. The summed E-state index contributed by atoms with van der Waals surface area (Å²) in [6, 6.07) is 11.9. The minimum Gasteiger partial charge on any atom is -0.309 e. The van der Waals surface area contributed by atoms with Gasteiger partial charge in [-0.25, -0.2) is 0 Å². The first kappa shape index (κ1) is 14.3. The summed E-state index contributed by atoms with van der Waals surface area (Å²) >= 11 is 5.16. The zero-order valence-electron chi connectivity index (χ0n) is 11.2. The maximum absolute atomic E-state index is 12.0. The molecule has 1 amide bonds. The van der Waals surface area contributed by atoms with Gasteiger partial charge < -0.3 is 5.32 Å². The van der Waals surface area contributed by atoms with E-state index in [1.165, 1.54) is 4.88 Å². The molecule has 1 aromatic carbocycles. The summed E-state index contributed by atoms with van der Waals surface area (Å²) in [7, 11) is 0. The number of aromatic nitrogens is 2. The molecule has 3 aromatic rings. The summed E-state index contributed by atoms with van der Waals surface area (Å²) < 4.78 is 1.13. The van der Waals surface area contributed by atoms with Gasteiger partial charge in [-0.05, 0) is 53.0 Å². The number of para-hydroxylation sites is 1. The number of hydrogen-bond donors (Lipinski definition) is 2. The van der Waals surface area contributed by atoms with E-state index in [2.05, 4.69) is 37.5 Å². The predicted octanol–water partition coefficient (Wildman–Crippen LogP) is 4.35. The lowest BCUT2D eigenvalue weighted by atomic mass is 10.2. The van der Waals surface area contributed by atoms with Crippen molar-refractivity contribution in [2.45, 2.75) is 19.3 Å². The number of H-pyrrole nitrogens is 1. The van der Waals surface area contributed by atoms with Crippen LogP contribution in [0.4, 0.5) is 5.82 Å². The largest absolute Gasteiger partial charge is 0.309 e. The molecule has 3 rings (SSSR count). The Morgan fingerprint density at radius 1 is 1.29 bits per heavy atom. The van der Waals surface area contributed by atoms with Gasteiger partial charge in [0.2, 0.25) is 5.91 Å². The molecular weight excluding hydrogens is 350 g/mol. The molecule has 0 radical (unpaired) electrons. The number of aryl methyl sites for hydroxylation is 1. The lowest BCUT2D eigenvalue weighted by molar-refractivity contribution is -0.116. The lowest BCUT2D eigenvalue weighted by Crippen LogP contribution is -2.11. The van der Waals surface area contributed by atoms with Crippen molar-refractivity contribution in [1.29, 1.82) is 0 Å². The molecule has 0 unspecified atom stereocenters. The average Bonchev–Trinajstić information content (AvgIpc) is 3.06. The Hall–Kier alpha value is -1.66. The molecule has 0 fully saturated rings. The standard InChI is InChI=1S/C15H14BrN3OS/c16-13-9-8-10(21-13)4-3-7-14(20)17-15-11-5-1-2-6-12(11)18-19-15/h1-2,5-6,8-9H,3-4,7H2,(H2,17,18,19,20). The van der Waals surface area contributed by atoms with Crippen molar-refractivity contribution >= 4 is 49.9 Å². The number of carbonyl (C=O) groups is 1. The van der Waals surface area contributed by atoms with Crippen LogP contribution in [0, 0.1) is 0 Å². The Morgan fingerprint density at radius 3 is 2.95 bits per heavy atom. The Balaban J connectivity index is 1.54. The highest BCUT2D eigenvalue weighted by molar-refractivity contribution is 9.11. The number of aromatic amines is 1. The fourth-order valence-corrected chi connectivity index (χ4v) is 3.69. The molecular formula is C15H14BrN3OS. The molecule has 4 nitrogen and oxygen atoms in total. The van der Waals surface area contributed by atoms with E-state index in [9.17, 15) is 4.79 Å². The van der Waals surface area contributed by atoms with E-state index in [1.54, 1.807) is 11.3 Å². The van der Waals surface area contributed by atoms with E-state index in [1.807, 2.05) is 30.3 Å². The van der Waals surface area contributed by atoms with Crippen LogP contribution in [0.5, 0.6) is 0 Å². The zero-order valence-corrected chi connectivity index (χ0v) is 13.6. The summed E-state index contributed by atoms with van der Waals surface area (Å²) in [5.74, 6) is 0.609. The first-order chi connectivity index (χ1) is 10.2. The molecule has 0 aliphatic carbocycles. The van der Waals surface area contributed by atoms with E-state index >= 15 is 0 Å². The fraction of sp³-hybridized carbons (Fsp3) is 0.200. The lowest BCUT2D eigenvalue weighted by Gasteiger charge is -2.02. The molecule has 0 spiro atoms. The summed E-state index contributed by atoms with van der Waals surface area (Å²) in [6.45, 7) is 0. The SMILES string of the molecule is O=C(CCCc1ccc(Br)s1)Nc1n[nH]c2ccccc12. The van der Waals surface area contributed by atoms with Gasteiger partial charge in [-0.1, -0.05) is 12.1 Å². The molecule has 2 heterocycles. The number of benzene rings is 1. The van der Waals surface area contributed by atoms with Gasteiger partial charge in [-0.3, -0.25) is 9.89 Å². The molecule has 0 bridgehead atoms. The summed E-state index contributed by atoms with van der Waals surface area (Å²) in [5, 5.41) is 10.9. The predicted molar refractivity (Wildman–Crippen MR) is 89.7 cm³/mol. The Morgan fingerprint density at radius 2 is 2.14 bits per heavy atom. The van der Waals surface area contributed by atoms with Crippen molar-refractivity contribution in [2.24, 2.45) is 0 Å². The van der Waals surface area contributed by atoms with Crippen LogP contribution in [0.15, 0.2) is 40.2 Å². The highest BCUT2D eigenvalue weighted by Gasteiger charge is 2.09. The van der Waals surface area contributed by atoms with Gasteiger partial charge in [0.25, 0.3) is 0 Å². The van der Waals surface area contributed by atoms with Crippen molar-refractivity contribution < 1.29 is 4.79 Å². The topological polar surface area (TPSA) is 57.8 Å². The number of halogens is 1. The number of anilines is 1. The van der Waals surface area contributed by atoms with Crippen LogP contribution < -0.4 is 5.32 Å². The fourth-order valence-electron chi connectivity index (χ4n) is 2.16. The van der Waals surface area contributed by atoms with Crippen LogP contribution in [0.25, 0.3) is 10.9 Å². The number of thiophene rings is 1. The zero-order chi connectivity index (χ0) is 14.7. The first-order valence-corrected chi connectivity index (χ1v) is 8.30. The van der Waals surface area contributed by atoms with Crippen molar-refractivity contribution in [1.82, 2.24) is 10.2 Å². The second kappa shape index (κ2) is 6.41. The second-order valence-corrected chi connectivity index (χ2v) is 7.27. The summed E-state index contributed by atoms with van der Waals surface area (Å²) in [4.78, 5) is 13.3. The molecule has 6 heteroatoms. The van der Waals surface area contributed by atoms with Crippen molar-refractivity contribution in [3.8, 4) is 0 Å². The van der Waals surface area contributed by atoms with Crippen molar-refractivity contribution in [3.63, 3.8) is 0 Å². The van der Waals surface area contributed by atoms with E-state index in [-0.39, 0.29) is 5.91 Å². The van der Waals surface area contributed by atoms with Crippen LogP contribution in [0.1, 0.15) is 17.7 Å². The third-order valence-electron chi connectivity index (χ3n) is 3.18. The number of amides is 1. The molecule has 21 heavy (non-hydrogen) atoms. The van der Waals surface area contributed by atoms with E-state index in [0.717, 1.165) is 27.5 Å².